The zero-order valence-corrected chi connectivity index (χ0v) is 12.4. The van der Waals surface area contributed by atoms with E-state index in [1.54, 1.807) is 0 Å². The second-order valence-electron chi connectivity index (χ2n) is 4.13. The predicted molar refractivity (Wildman–Crippen MR) is 74.4 cm³/mol. The van der Waals surface area contributed by atoms with Gasteiger partial charge in [-0.2, -0.15) is 0 Å². The molecule has 0 aliphatic heterocycles. The summed E-state index contributed by atoms with van der Waals surface area (Å²) < 4.78 is 26.3. The van der Waals surface area contributed by atoms with Gasteiger partial charge in [-0.1, -0.05) is 11.6 Å². The number of halogens is 1. The van der Waals surface area contributed by atoms with Gasteiger partial charge in [0.2, 0.25) is 10.0 Å². The number of nitro groups is 1. The number of nitrogens with zero attached hydrogens (tertiary/aromatic N) is 1. The molecule has 0 fully saturated rings. The number of hydrogen-bond donors (Lipinski definition) is 2. The molecular weight excluding hydrogens is 308 g/mol. The maximum atomic E-state index is 12.0. The fourth-order valence-corrected chi connectivity index (χ4v) is 2.91. The van der Waals surface area contributed by atoms with Crippen molar-refractivity contribution in [3.63, 3.8) is 0 Å². The van der Waals surface area contributed by atoms with Crippen LogP contribution in [0.2, 0.25) is 5.02 Å². The van der Waals surface area contributed by atoms with Crippen molar-refractivity contribution in [1.82, 2.24) is 4.72 Å². The second kappa shape index (κ2) is 6.98. The van der Waals surface area contributed by atoms with Crippen LogP contribution in [0.4, 0.5) is 5.69 Å². The summed E-state index contributed by atoms with van der Waals surface area (Å²) in [6.45, 7) is 1.57. The molecule has 1 rings (SSSR count). The number of sulfonamides is 1. The van der Waals surface area contributed by atoms with Gasteiger partial charge in [-0.25, -0.2) is 13.1 Å². The largest absolute Gasteiger partial charge is 0.396 e. The van der Waals surface area contributed by atoms with Gasteiger partial charge in [-0.15, -0.1) is 0 Å². The zero-order chi connectivity index (χ0) is 15.3. The molecule has 2 N–H and O–H groups in total. The second-order valence-corrected chi connectivity index (χ2v) is 6.31. The van der Waals surface area contributed by atoms with E-state index in [1.807, 2.05) is 0 Å². The molecule has 0 saturated carbocycles. The Hall–Kier alpha value is -1.22. The first kappa shape index (κ1) is 16.8. The van der Waals surface area contributed by atoms with Crippen molar-refractivity contribution >= 4 is 27.3 Å². The van der Waals surface area contributed by atoms with Crippen LogP contribution in [0, 0.1) is 17.0 Å². The van der Waals surface area contributed by atoms with Gasteiger partial charge >= 0.3 is 0 Å². The summed E-state index contributed by atoms with van der Waals surface area (Å²) in [5.74, 6) is 0. The van der Waals surface area contributed by atoms with Crippen molar-refractivity contribution in [2.24, 2.45) is 0 Å². The Morgan fingerprint density at radius 3 is 2.60 bits per heavy atom. The standard InChI is InChI=1S/C11H15ClN2O5S/c1-8-10(12)6-9(7-11(8)14(16)17)20(18,19)13-4-2-3-5-15/h6-7,13,15H,2-5H2,1H3. The number of nitrogens with one attached hydrogen (secondary N) is 1. The highest BCUT2D eigenvalue weighted by Crippen LogP contribution is 2.29. The third-order valence-electron chi connectivity index (χ3n) is 2.67. The molecule has 1 aromatic carbocycles. The van der Waals surface area contributed by atoms with Gasteiger partial charge in [0.25, 0.3) is 5.69 Å². The molecule has 1 aromatic rings. The maximum Gasteiger partial charge on any atom is 0.275 e. The monoisotopic (exact) mass is 322 g/mol. The van der Waals surface area contributed by atoms with E-state index < -0.39 is 14.9 Å². The molecule has 20 heavy (non-hydrogen) atoms. The summed E-state index contributed by atoms with van der Waals surface area (Å²) >= 11 is 5.82. The van der Waals surface area contributed by atoms with Crippen molar-refractivity contribution in [1.29, 1.82) is 0 Å². The predicted octanol–water partition coefficient (Wildman–Crippen LogP) is 1.61. The molecule has 0 unspecified atom stereocenters. The molecule has 0 amide bonds. The summed E-state index contributed by atoms with van der Waals surface area (Å²) in [5.41, 5.74) is -0.121. The van der Waals surface area contributed by atoms with Gasteiger partial charge in [0.1, 0.15) is 0 Å². The Morgan fingerprint density at radius 2 is 2.05 bits per heavy atom. The smallest absolute Gasteiger partial charge is 0.275 e. The third kappa shape index (κ3) is 4.14. The average Bonchev–Trinajstić information content (AvgIpc) is 2.37. The minimum Gasteiger partial charge on any atom is -0.396 e. The molecule has 0 aliphatic rings. The normalized spacial score (nSPS) is 11.6. The Kier molecular flexibility index (Phi) is 5.88. The van der Waals surface area contributed by atoms with Crippen molar-refractivity contribution in [3.8, 4) is 0 Å². The van der Waals surface area contributed by atoms with Gasteiger partial charge in [0.05, 0.1) is 14.8 Å². The molecule has 0 heterocycles. The van der Waals surface area contributed by atoms with E-state index in [4.69, 9.17) is 16.7 Å². The van der Waals surface area contributed by atoms with Crippen LogP contribution in [0.25, 0.3) is 0 Å². The summed E-state index contributed by atoms with van der Waals surface area (Å²) in [4.78, 5) is 9.94. The van der Waals surface area contributed by atoms with E-state index in [2.05, 4.69) is 4.72 Å². The maximum absolute atomic E-state index is 12.0. The molecule has 0 bridgehead atoms. The quantitative estimate of drug-likeness (QED) is 0.450. The van der Waals surface area contributed by atoms with E-state index in [-0.39, 0.29) is 34.3 Å². The highest BCUT2D eigenvalue weighted by molar-refractivity contribution is 7.89. The molecule has 112 valence electrons. The Balaban J connectivity index is 3.04. The number of aliphatic hydroxyl groups is 1. The Bertz CT molecular complexity index is 603. The lowest BCUT2D eigenvalue weighted by atomic mass is 10.2. The van der Waals surface area contributed by atoms with E-state index in [9.17, 15) is 18.5 Å². The van der Waals surface area contributed by atoms with Crippen LogP contribution in [-0.4, -0.2) is 31.6 Å². The van der Waals surface area contributed by atoms with Crippen LogP contribution in [0.1, 0.15) is 18.4 Å². The van der Waals surface area contributed by atoms with E-state index >= 15 is 0 Å². The lowest BCUT2D eigenvalue weighted by molar-refractivity contribution is -0.385. The molecule has 0 atom stereocenters. The van der Waals surface area contributed by atoms with Gasteiger partial charge in [-0.3, -0.25) is 10.1 Å². The molecule has 0 spiro atoms. The highest BCUT2D eigenvalue weighted by atomic mass is 35.5. The van der Waals surface area contributed by atoms with Crippen molar-refractivity contribution in [3.05, 3.63) is 32.8 Å². The fourth-order valence-electron chi connectivity index (χ4n) is 1.51. The number of aliphatic hydroxyl groups excluding tert-OH is 1. The average molecular weight is 323 g/mol. The first-order valence-corrected chi connectivity index (χ1v) is 7.70. The van der Waals surface area contributed by atoms with Crippen LogP contribution in [0.3, 0.4) is 0 Å². The SMILES string of the molecule is Cc1c(Cl)cc(S(=O)(=O)NCCCCO)cc1[N+](=O)[O-]. The molecule has 0 radical (unpaired) electrons. The summed E-state index contributed by atoms with van der Waals surface area (Å²) in [5, 5.41) is 19.5. The summed E-state index contributed by atoms with van der Waals surface area (Å²) in [6.07, 6.45) is 0.939. The first-order chi connectivity index (χ1) is 9.29. The van der Waals surface area contributed by atoms with Gasteiger partial charge in [0.15, 0.2) is 0 Å². The fraction of sp³-hybridized carbons (Fsp3) is 0.455. The molecule has 0 saturated heterocycles. The minimum absolute atomic E-state index is 0.0231. The number of rotatable bonds is 7. The van der Waals surface area contributed by atoms with E-state index in [0.717, 1.165) is 6.07 Å². The Labute approximate surface area is 121 Å². The number of nitro benzene ring substituents is 1. The lowest BCUT2D eigenvalue weighted by Gasteiger charge is -2.08. The van der Waals surface area contributed by atoms with Gasteiger partial charge < -0.3 is 5.11 Å². The van der Waals surface area contributed by atoms with Crippen molar-refractivity contribution in [2.45, 2.75) is 24.7 Å². The minimum atomic E-state index is -3.86. The number of unbranched alkanes of at least 4 members (excludes halogenated alkanes) is 1. The van der Waals surface area contributed by atoms with Crippen molar-refractivity contribution < 1.29 is 18.4 Å². The highest BCUT2D eigenvalue weighted by Gasteiger charge is 2.22. The number of hydrogen-bond acceptors (Lipinski definition) is 5. The molecular formula is C11H15ClN2O5S. The van der Waals surface area contributed by atoms with Crippen LogP contribution in [-0.2, 0) is 10.0 Å². The molecule has 7 nitrogen and oxygen atoms in total. The van der Waals surface area contributed by atoms with Gasteiger partial charge in [-0.05, 0) is 25.8 Å². The van der Waals surface area contributed by atoms with Crippen LogP contribution in [0.15, 0.2) is 17.0 Å². The van der Waals surface area contributed by atoms with Crippen LogP contribution >= 0.6 is 11.6 Å². The lowest BCUT2D eigenvalue weighted by Crippen LogP contribution is -2.25. The Morgan fingerprint density at radius 1 is 1.40 bits per heavy atom. The number of benzene rings is 1. The zero-order valence-electron chi connectivity index (χ0n) is 10.8. The van der Waals surface area contributed by atoms with E-state index in [1.165, 1.54) is 13.0 Å². The van der Waals surface area contributed by atoms with Crippen molar-refractivity contribution in [2.75, 3.05) is 13.2 Å². The van der Waals surface area contributed by atoms with E-state index in [0.29, 0.717) is 12.8 Å². The summed E-state index contributed by atoms with van der Waals surface area (Å²) in [7, 11) is -3.86. The molecule has 9 heteroatoms. The molecule has 0 aromatic heterocycles. The van der Waals surface area contributed by atoms with Crippen LogP contribution in [0.5, 0.6) is 0 Å². The van der Waals surface area contributed by atoms with Crippen LogP contribution < -0.4 is 4.72 Å². The first-order valence-electron chi connectivity index (χ1n) is 5.84. The third-order valence-corrected chi connectivity index (χ3v) is 4.51. The molecule has 0 aliphatic carbocycles. The summed E-state index contributed by atoms with van der Waals surface area (Å²) in [6, 6.07) is 2.16. The topological polar surface area (TPSA) is 110 Å². The van der Waals surface area contributed by atoms with Gasteiger partial charge in [0, 0.05) is 24.8 Å².